The van der Waals surface area contributed by atoms with Crippen molar-refractivity contribution in [3.8, 4) is 5.69 Å². The highest BCUT2D eigenvalue weighted by Crippen LogP contribution is 2.13. The number of hydrogen-bond acceptors (Lipinski definition) is 4. The van der Waals surface area contributed by atoms with Crippen LogP contribution in [-0.2, 0) is 11.3 Å². The summed E-state index contributed by atoms with van der Waals surface area (Å²) in [5.41, 5.74) is 2.29. The quantitative estimate of drug-likeness (QED) is 0.564. The van der Waals surface area contributed by atoms with Gasteiger partial charge in [-0.3, -0.25) is 9.89 Å². The summed E-state index contributed by atoms with van der Waals surface area (Å²) in [7, 11) is 1.80. The van der Waals surface area contributed by atoms with Gasteiger partial charge in [-0.2, -0.15) is 0 Å². The maximum Gasteiger partial charge on any atom is 0.191 e. The monoisotopic (exact) mass is 384 g/mol. The summed E-state index contributed by atoms with van der Waals surface area (Å²) < 4.78 is 7.94. The first-order chi connectivity index (χ1) is 13.7. The van der Waals surface area contributed by atoms with Crippen molar-refractivity contribution in [1.29, 1.82) is 0 Å². The molecule has 3 rings (SSSR count). The first-order valence-electron chi connectivity index (χ1n) is 10.0. The topological polar surface area (TPSA) is 66.7 Å². The maximum atomic E-state index is 5.92. The van der Waals surface area contributed by atoms with Crippen LogP contribution in [0.25, 0.3) is 5.69 Å². The number of hydrogen-bond donors (Lipinski definition) is 2. The predicted octanol–water partition coefficient (Wildman–Crippen LogP) is 1.89. The van der Waals surface area contributed by atoms with Gasteiger partial charge in [0.2, 0.25) is 0 Å². The van der Waals surface area contributed by atoms with Crippen molar-refractivity contribution in [2.75, 3.05) is 39.8 Å². The molecule has 1 aliphatic heterocycles. The molecule has 7 heteroatoms. The minimum Gasteiger partial charge on any atom is -0.374 e. The number of imidazole rings is 1. The molecule has 28 heavy (non-hydrogen) atoms. The lowest BCUT2D eigenvalue weighted by Crippen LogP contribution is -2.50. The summed E-state index contributed by atoms with van der Waals surface area (Å²) in [4.78, 5) is 11.0. The number of ether oxygens (including phenoxy) is 1. The zero-order valence-electron chi connectivity index (χ0n) is 17.1. The summed E-state index contributed by atoms with van der Waals surface area (Å²) in [5, 5.41) is 6.81. The zero-order valence-corrected chi connectivity index (χ0v) is 17.1. The standard InChI is InChI=1S/C21H32N6O/c1-17(2)14-26-10-11-28-19(15-26)13-25-21(22-3)24-12-18-6-4-5-7-20(18)27-9-8-23-16-27/h4-9,16-17,19H,10-15H2,1-3H3,(H2,22,24,25). The lowest BCUT2D eigenvalue weighted by molar-refractivity contribution is -0.0284. The zero-order chi connectivity index (χ0) is 19.8. The van der Waals surface area contributed by atoms with Crippen molar-refractivity contribution < 1.29 is 4.74 Å². The van der Waals surface area contributed by atoms with Crippen LogP contribution in [0, 0.1) is 5.92 Å². The van der Waals surface area contributed by atoms with Crippen molar-refractivity contribution in [1.82, 2.24) is 25.1 Å². The number of para-hydroxylation sites is 1. The van der Waals surface area contributed by atoms with Crippen LogP contribution >= 0.6 is 0 Å². The molecule has 1 atom stereocenters. The Labute approximate surface area is 167 Å². The molecule has 1 aromatic carbocycles. The van der Waals surface area contributed by atoms with Crippen LogP contribution in [0.15, 0.2) is 48.0 Å². The Morgan fingerprint density at radius 3 is 2.93 bits per heavy atom. The van der Waals surface area contributed by atoms with Gasteiger partial charge in [0.25, 0.3) is 0 Å². The van der Waals surface area contributed by atoms with E-state index in [1.54, 1.807) is 13.2 Å². The first kappa shape index (κ1) is 20.4. The number of aliphatic imine (C=N–C) groups is 1. The van der Waals surface area contributed by atoms with E-state index in [9.17, 15) is 0 Å². The first-order valence-corrected chi connectivity index (χ1v) is 10.0. The Morgan fingerprint density at radius 2 is 2.18 bits per heavy atom. The number of nitrogens with one attached hydrogen (secondary N) is 2. The predicted molar refractivity (Wildman–Crippen MR) is 113 cm³/mol. The van der Waals surface area contributed by atoms with Crippen LogP contribution < -0.4 is 10.6 Å². The van der Waals surface area contributed by atoms with Crippen molar-refractivity contribution in [2.45, 2.75) is 26.5 Å². The molecule has 2 heterocycles. The number of rotatable bonds is 7. The molecular weight excluding hydrogens is 352 g/mol. The number of guanidine groups is 1. The van der Waals surface area contributed by atoms with E-state index < -0.39 is 0 Å². The van der Waals surface area contributed by atoms with Crippen LogP contribution in [0.3, 0.4) is 0 Å². The summed E-state index contributed by atoms with van der Waals surface area (Å²) in [6.07, 6.45) is 5.74. The average Bonchev–Trinajstić information content (AvgIpc) is 3.23. The molecule has 1 fully saturated rings. The third kappa shape index (κ3) is 5.81. The number of benzene rings is 1. The Hall–Kier alpha value is -2.38. The van der Waals surface area contributed by atoms with Gasteiger partial charge in [0.05, 0.1) is 24.7 Å². The molecule has 0 aliphatic carbocycles. The molecule has 152 valence electrons. The van der Waals surface area contributed by atoms with Gasteiger partial charge in [0, 0.05) is 52.2 Å². The molecule has 1 saturated heterocycles. The largest absolute Gasteiger partial charge is 0.374 e. The van der Waals surface area contributed by atoms with E-state index >= 15 is 0 Å². The SMILES string of the molecule is CN=C(NCc1ccccc1-n1ccnc1)NCC1CN(CC(C)C)CCO1. The number of aromatic nitrogens is 2. The van der Waals surface area contributed by atoms with E-state index in [1.807, 2.05) is 29.2 Å². The highest BCUT2D eigenvalue weighted by Gasteiger charge is 2.21. The van der Waals surface area contributed by atoms with Crippen molar-refractivity contribution in [3.05, 3.63) is 48.5 Å². The van der Waals surface area contributed by atoms with Crippen molar-refractivity contribution >= 4 is 5.96 Å². The second kappa shape index (κ2) is 10.2. The van der Waals surface area contributed by atoms with Crippen LogP contribution in [0.1, 0.15) is 19.4 Å². The maximum absolute atomic E-state index is 5.92. The molecule has 0 amide bonds. The van der Waals surface area contributed by atoms with E-state index in [0.29, 0.717) is 12.5 Å². The van der Waals surface area contributed by atoms with Crippen LogP contribution in [0.2, 0.25) is 0 Å². The fourth-order valence-corrected chi connectivity index (χ4v) is 3.51. The molecule has 1 aromatic heterocycles. The summed E-state index contributed by atoms with van der Waals surface area (Å²) in [5.74, 6) is 1.46. The van der Waals surface area contributed by atoms with Gasteiger partial charge in [-0.05, 0) is 17.5 Å². The molecule has 7 nitrogen and oxygen atoms in total. The molecule has 1 unspecified atom stereocenters. The molecule has 0 saturated carbocycles. The van der Waals surface area contributed by atoms with E-state index in [2.05, 4.69) is 51.5 Å². The Balaban J connectivity index is 1.51. The van der Waals surface area contributed by atoms with Gasteiger partial charge in [0.1, 0.15) is 0 Å². The third-order valence-corrected chi connectivity index (χ3v) is 4.79. The fourth-order valence-electron chi connectivity index (χ4n) is 3.51. The minimum atomic E-state index is 0.185. The van der Waals surface area contributed by atoms with Crippen molar-refractivity contribution in [3.63, 3.8) is 0 Å². The lowest BCUT2D eigenvalue weighted by Gasteiger charge is -2.34. The highest BCUT2D eigenvalue weighted by molar-refractivity contribution is 5.79. The summed E-state index contributed by atoms with van der Waals surface area (Å²) in [6, 6.07) is 8.29. The summed E-state index contributed by atoms with van der Waals surface area (Å²) >= 11 is 0. The molecule has 2 N–H and O–H groups in total. The lowest BCUT2D eigenvalue weighted by atomic mass is 10.1. The minimum absolute atomic E-state index is 0.185. The average molecular weight is 385 g/mol. The van der Waals surface area contributed by atoms with E-state index in [4.69, 9.17) is 4.74 Å². The smallest absolute Gasteiger partial charge is 0.191 e. The van der Waals surface area contributed by atoms with E-state index in [0.717, 1.165) is 44.4 Å². The van der Waals surface area contributed by atoms with E-state index in [1.165, 1.54) is 5.56 Å². The van der Waals surface area contributed by atoms with Gasteiger partial charge in [-0.25, -0.2) is 4.98 Å². The van der Waals surface area contributed by atoms with Crippen LogP contribution in [-0.4, -0.2) is 66.3 Å². The Kier molecular flexibility index (Phi) is 7.45. The van der Waals surface area contributed by atoms with Crippen LogP contribution in [0.4, 0.5) is 0 Å². The summed E-state index contributed by atoms with van der Waals surface area (Å²) in [6.45, 7) is 9.85. The second-order valence-corrected chi connectivity index (χ2v) is 7.55. The van der Waals surface area contributed by atoms with Crippen LogP contribution in [0.5, 0.6) is 0 Å². The Morgan fingerprint density at radius 1 is 1.32 bits per heavy atom. The highest BCUT2D eigenvalue weighted by atomic mass is 16.5. The third-order valence-electron chi connectivity index (χ3n) is 4.79. The van der Waals surface area contributed by atoms with Gasteiger partial charge in [-0.15, -0.1) is 0 Å². The van der Waals surface area contributed by atoms with E-state index in [-0.39, 0.29) is 6.10 Å². The van der Waals surface area contributed by atoms with Gasteiger partial charge in [-0.1, -0.05) is 32.0 Å². The normalized spacial score (nSPS) is 18.4. The van der Waals surface area contributed by atoms with Gasteiger partial charge >= 0.3 is 0 Å². The molecule has 0 spiro atoms. The number of nitrogens with zero attached hydrogens (tertiary/aromatic N) is 4. The number of morpholine rings is 1. The molecule has 0 bridgehead atoms. The molecule has 2 aromatic rings. The van der Waals surface area contributed by atoms with Gasteiger partial charge < -0.3 is 19.9 Å². The van der Waals surface area contributed by atoms with Gasteiger partial charge in [0.15, 0.2) is 5.96 Å². The second-order valence-electron chi connectivity index (χ2n) is 7.55. The van der Waals surface area contributed by atoms with Crippen molar-refractivity contribution in [2.24, 2.45) is 10.9 Å². The fraction of sp³-hybridized carbons (Fsp3) is 0.524. The molecular formula is C21H32N6O. The molecule has 1 aliphatic rings. The Bertz CT molecular complexity index is 743. The molecule has 0 radical (unpaired) electrons.